The summed E-state index contributed by atoms with van der Waals surface area (Å²) in [4.78, 5) is 33.4. The van der Waals surface area contributed by atoms with E-state index in [0.29, 0.717) is 10.7 Å². The second-order valence-corrected chi connectivity index (χ2v) is 10.0. The number of carbonyl (C=O) groups is 2. The highest BCUT2D eigenvalue weighted by Crippen LogP contribution is 2.38. The average molecular weight is 591 g/mol. The van der Waals surface area contributed by atoms with Gasteiger partial charge in [0.15, 0.2) is 11.5 Å². The first-order chi connectivity index (χ1) is 18.1. The van der Waals surface area contributed by atoms with Crippen molar-refractivity contribution in [1.82, 2.24) is 5.32 Å². The number of anilines is 2. The third-order valence-electron chi connectivity index (χ3n) is 5.83. The molecular weight excluding hydrogens is 568 g/mol. The number of aliphatic imine (C=N–C) groups is 1. The summed E-state index contributed by atoms with van der Waals surface area (Å²) in [7, 11) is 0. The van der Waals surface area contributed by atoms with Gasteiger partial charge in [-0.1, -0.05) is 58.0 Å². The minimum atomic E-state index is -0.630. The van der Waals surface area contributed by atoms with Crippen LogP contribution in [0.5, 0.6) is 0 Å². The number of aryl methyl sites for hydroxylation is 1. The molecule has 1 aliphatic heterocycles. The molecule has 0 atom stereocenters. The Bertz CT molecular complexity index is 1440. The highest BCUT2D eigenvalue weighted by atomic mass is 35.5. The standard InChI is InChI=1S/C27H23Cl4N5O2/c1-4-35(5-2)18-9-7-17(8-10-18)32-23-25(33-26(37)19-12-15(3)6-11-20(19)29)34-36(27(23)38)24-21(30)13-16(28)14-22(24)31/h6-14H,4-5H2,1-3H3,(H,33,34,37). The maximum absolute atomic E-state index is 13.6. The SMILES string of the molecule is CCN(CC)c1ccc(N=C2C(=O)N(c3c(Cl)cc(Cl)cc3Cl)N=C2NC(=O)c2cc(C)ccc2Cl)cc1. The van der Waals surface area contributed by atoms with Crippen LogP contribution in [0.2, 0.25) is 20.1 Å². The molecule has 0 bridgehead atoms. The molecule has 1 heterocycles. The van der Waals surface area contributed by atoms with Gasteiger partial charge in [0, 0.05) is 23.8 Å². The van der Waals surface area contributed by atoms with E-state index in [-0.39, 0.29) is 37.9 Å². The molecule has 11 heteroatoms. The van der Waals surface area contributed by atoms with Crippen molar-refractivity contribution in [3.05, 3.63) is 85.8 Å². The number of halogens is 4. The Kier molecular flexibility index (Phi) is 8.63. The maximum Gasteiger partial charge on any atom is 0.301 e. The number of carbonyl (C=O) groups excluding carboxylic acids is 2. The van der Waals surface area contributed by atoms with E-state index in [1.165, 1.54) is 12.1 Å². The fraction of sp³-hybridized carbons (Fsp3) is 0.185. The van der Waals surface area contributed by atoms with Gasteiger partial charge in [-0.2, -0.15) is 5.01 Å². The zero-order valence-electron chi connectivity index (χ0n) is 20.7. The Balaban J connectivity index is 1.76. The normalized spacial score (nSPS) is 14.2. The van der Waals surface area contributed by atoms with Gasteiger partial charge in [-0.25, -0.2) is 4.99 Å². The second-order valence-electron chi connectivity index (χ2n) is 8.37. The van der Waals surface area contributed by atoms with E-state index in [2.05, 4.69) is 34.2 Å². The first-order valence-electron chi connectivity index (χ1n) is 11.7. The van der Waals surface area contributed by atoms with E-state index < -0.39 is 11.8 Å². The average Bonchev–Trinajstić information content (AvgIpc) is 3.16. The van der Waals surface area contributed by atoms with Crippen molar-refractivity contribution in [2.24, 2.45) is 10.1 Å². The topological polar surface area (TPSA) is 77.4 Å². The fourth-order valence-corrected chi connectivity index (χ4v) is 5.09. The smallest absolute Gasteiger partial charge is 0.301 e. The molecular formula is C27H23Cl4N5O2. The lowest BCUT2D eigenvalue weighted by Crippen LogP contribution is -2.37. The summed E-state index contributed by atoms with van der Waals surface area (Å²) in [5, 5.41) is 8.77. The quantitative estimate of drug-likeness (QED) is 0.327. The van der Waals surface area contributed by atoms with Gasteiger partial charge < -0.3 is 10.2 Å². The molecule has 0 spiro atoms. The van der Waals surface area contributed by atoms with Crippen LogP contribution in [0, 0.1) is 6.92 Å². The van der Waals surface area contributed by atoms with Crippen LogP contribution < -0.4 is 15.2 Å². The molecule has 0 fully saturated rings. The fourth-order valence-electron chi connectivity index (χ4n) is 3.91. The molecule has 1 aliphatic rings. The molecule has 7 nitrogen and oxygen atoms in total. The highest BCUT2D eigenvalue weighted by molar-refractivity contribution is 6.72. The number of amidine groups is 1. The van der Waals surface area contributed by atoms with Crippen LogP contribution in [0.4, 0.5) is 17.1 Å². The molecule has 3 aromatic rings. The number of hydrogen-bond acceptors (Lipinski definition) is 5. The third kappa shape index (κ3) is 5.81. The summed E-state index contributed by atoms with van der Waals surface area (Å²) in [6, 6.07) is 15.3. The van der Waals surface area contributed by atoms with E-state index in [1.54, 1.807) is 30.3 Å². The number of hydrazone groups is 1. The number of nitrogens with zero attached hydrogens (tertiary/aromatic N) is 4. The number of amides is 2. The van der Waals surface area contributed by atoms with Crippen molar-refractivity contribution in [2.45, 2.75) is 20.8 Å². The summed E-state index contributed by atoms with van der Waals surface area (Å²) < 4.78 is 0. The van der Waals surface area contributed by atoms with Crippen LogP contribution in [-0.2, 0) is 4.79 Å². The first-order valence-corrected chi connectivity index (χ1v) is 13.2. The molecule has 0 saturated heterocycles. The zero-order valence-corrected chi connectivity index (χ0v) is 23.8. The van der Waals surface area contributed by atoms with Crippen LogP contribution in [0.25, 0.3) is 0 Å². The second kappa shape index (κ2) is 11.7. The Morgan fingerprint density at radius 2 is 1.58 bits per heavy atom. The van der Waals surface area contributed by atoms with E-state index in [4.69, 9.17) is 46.4 Å². The monoisotopic (exact) mass is 589 g/mol. The summed E-state index contributed by atoms with van der Waals surface area (Å²) >= 11 is 25.0. The van der Waals surface area contributed by atoms with Crippen molar-refractivity contribution in [3.8, 4) is 0 Å². The predicted molar refractivity (Wildman–Crippen MR) is 157 cm³/mol. The molecule has 38 heavy (non-hydrogen) atoms. The van der Waals surface area contributed by atoms with Crippen molar-refractivity contribution in [3.63, 3.8) is 0 Å². The van der Waals surface area contributed by atoms with Crippen molar-refractivity contribution < 1.29 is 9.59 Å². The van der Waals surface area contributed by atoms with Gasteiger partial charge in [0.1, 0.15) is 5.69 Å². The number of rotatable bonds is 6. The van der Waals surface area contributed by atoms with Crippen molar-refractivity contribution in [1.29, 1.82) is 0 Å². The van der Waals surface area contributed by atoms with Gasteiger partial charge in [-0.05, 0) is 69.3 Å². The van der Waals surface area contributed by atoms with Crippen LogP contribution in [0.1, 0.15) is 29.8 Å². The van der Waals surface area contributed by atoms with Crippen LogP contribution in [0.3, 0.4) is 0 Å². The number of nitrogens with one attached hydrogen (secondary N) is 1. The lowest BCUT2D eigenvalue weighted by atomic mass is 10.1. The number of hydrogen-bond donors (Lipinski definition) is 1. The minimum Gasteiger partial charge on any atom is -0.372 e. The summed E-state index contributed by atoms with van der Waals surface area (Å²) in [5.41, 5.74) is 2.60. The molecule has 4 rings (SSSR count). The van der Waals surface area contributed by atoms with Gasteiger partial charge in [0.25, 0.3) is 5.91 Å². The van der Waals surface area contributed by atoms with Crippen LogP contribution >= 0.6 is 46.4 Å². The van der Waals surface area contributed by atoms with Gasteiger partial charge in [-0.3, -0.25) is 9.59 Å². The number of benzene rings is 3. The molecule has 3 aromatic carbocycles. The van der Waals surface area contributed by atoms with E-state index in [0.717, 1.165) is 29.3 Å². The highest BCUT2D eigenvalue weighted by Gasteiger charge is 2.36. The third-order valence-corrected chi connectivity index (χ3v) is 6.95. The molecule has 0 saturated carbocycles. The Morgan fingerprint density at radius 3 is 2.18 bits per heavy atom. The maximum atomic E-state index is 13.6. The van der Waals surface area contributed by atoms with Gasteiger partial charge in [0.05, 0.1) is 26.3 Å². The molecule has 0 aliphatic carbocycles. The molecule has 1 N–H and O–H groups in total. The van der Waals surface area contributed by atoms with Crippen molar-refractivity contribution in [2.75, 3.05) is 23.0 Å². The Labute approximate surface area is 240 Å². The molecule has 0 unspecified atom stereocenters. The molecule has 0 radical (unpaired) electrons. The Morgan fingerprint density at radius 1 is 0.947 bits per heavy atom. The van der Waals surface area contributed by atoms with E-state index in [9.17, 15) is 9.59 Å². The van der Waals surface area contributed by atoms with E-state index >= 15 is 0 Å². The summed E-state index contributed by atoms with van der Waals surface area (Å²) in [6.07, 6.45) is 0. The lowest BCUT2D eigenvalue weighted by Gasteiger charge is -2.20. The van der Waals surface area contributed by atoms with Gasteiger partial charge in [-0.15, -0.1) is 5.10 Å². The molecule has 0 aromatic heterocycles. The van der Waals surface area contributed by atoms with Crippen molar-refractivity contribution >= 4 is 86.8 Å². The molecule has 2 amide bonds. The first kappa shape index (κ1) is 27.9. The Hall–Kier alpha value is -3.10. The van der Waals surface area contributed by atoms with Crippen LogP contribution in [0.15, 0.2) is 64.7 Å². The van der Waals surface area contributed by atoms with E-state index in [1.807, 2.05) is 19.1 Å². The predicted octanol–water partition coefficient (Wildman–Crippen LogP) is 7.32. The summed E-state index contributed by atoms with van der Waals surface area (Å²) in [6.45, 7) is 7.69. The lowest BCUT2D eigenvalue weighted by molar-refractivity contribution is -0.112. The minimum absolute atomic E-state index is 0.0764. The zero-order chi connectivity index (χ0) is 27.6. The molecule has 196 valence electrons. The van der Waals surface area contributed by atoms with Gasteiger partial charge >= 0.3 is 5.91 Å². The van der Waals surface area contributed by atoms with Crippen LogP contribution in [-0.4, -0.2) is 36.5 Å². The van der Waals surface area contributed by atoms with Gasteiger partial charge in [0.2, 0.25) is 0 Å². The largest absolute Gasteiger partial charge is 0.372 e. The summed E-state index contributed by atoms with van der Waals surface area (Å²) in [5.74, 6) is -1.26.